The summed E-state index contributed by atoms with van der Waals surface area (Å²) < 4.78 is 16.6. The lowest BCUT2D eigenvalue weighted by molar-refractivity contribution is 0.0783. The van der Waals surface area contributed by atoms with Crippen LogP contribution in [0.4, 0.5) is 10.5 Å². The van der Waals surface area contributed by atoms with E-state index in [1.165, 1.54) is 6.20 Å². The van der Waals surface area contributed by atoms with Gasteiger partial charge in [0.2, 0.25) is 0 Å². The molecule has 2 aromatic rings. The van der Waals surface area contributed by atoms with Gasteiger partial charge >= 0.3 is 6.03 Å². The summed E-state index contributed by atoms with van der Waals surface area (Å²) in [5.41, 5.74) is 1.14. The number of carbonyl (C=O) groups excluding carboxylic acids is 1. The number of pyridine rings is 1. The minimum Gasteiger partial charge on any atom is -0.383 e. The third-order valence-corrected chi connectivity index (χ3v) is 7.19. The lowest BCUT2D eigenvalue weighted by Gasteiger charge is -2.18. The standard InChI is InChI=1S/C18H27N5O3S2/c1-10(2)12-7-20-8-13(11(3)4)15(12)22-17(24)23-28(19,26)14-9-21-16(27-14)18(5,6)25/h7-11,25H,1-6H3,(H3,19,20,22,23,24,26). The molecule has 2 amide bonds. The fraction of sp³-hybridized carbons (Fsp3) is 0.500. The summed E-state index contributed by atoms with van der Waals surface area (Å²) >= 11 is 0.966. The van der Waals surface area contributed by atoms with Crippen molar-refractivity contribution in [2.75, 3.05) is 5.32 Å². The molecule has 0 fully saturated rings. The highest BCUT2D eigenvalue weighted by molar-refractivity contribution is 7.93. The van der Waals surface area contributed by atoms with Gasteiger partial charge in [-0.3, -0.25) is 4.98 Å². The number of nitrogens with zero attached hydrogens (tertiary/aromatic N) is 3. The van der Waals surface area contributed by atoms with Crippen molar-refractivity contribution < 1.29 is 14.1 Å². The number of thiazole rings is 1. The number of hydrogen-bond acceptors (Lipinski definition) is 6. The van der Waals surface area contributed by atoms with E-state index in [-0.39, 0.29) is 16.0 Å². The normalized spacial score (nSPS) is 14.2. The smallest absolute Gasteiger partial charge is 0.354 e. The van der Waals surface area contributed by atoms with Crippen molar-refractivity contribution >= 4 is 33.0 Å². The molecule has 2 aromatic heterocycles. The van der Waals surface area contributed by atoms with E-state index in [9.17, 15) is 14.1 Å². The van der Waals surface area contributed by atoms with Gasteiger partial charge < -0.3 is 10.4 Å². The summed E-state index contributed by atoms with van der Waals surface area (Å²) in [6.07, 6.45) is 4.68. The van der Waals surface area contributed by atoms with Gasteiger partial charge in [0.05, 0.1) is 11.9 Å². The molecular formula is C18H27N5O3S2. The Bertz CT molecular complexity index is 957. The molecule has 0 aromatic carbocycles. The number of amides is 2. The number of urea groups is 1. The second kappa shape index (κ2) is 8.24. The molecule has 28 heavy (non-hydrogen) atoms. The van der Waals surface area contributed by atoms with Crippen molar-refractivity contribution in [2.45, 2.75) is 63.2 Å². The van der Waals surface area contributed by atoms with Crippen LogP contribution >= 0.6 is 11.3 Å². The zero-order valence-electron chi connectivity index (χ0n) is 16.9. The summed E-state index contributed by atoms with van der Waals surface area (Å²) in [4.78, 5) is 20.8. The second-order valence-corrected chi connectivity index (χ2v) is 10.7. The van der Waals surface area contributed by atoms with E-state index in [1.54, 1.807) is 26.2 Å². The van der Waals surface area contributed by atoms with E-state index in [2.05, 4.69) is 19.6 Å². The molecule has 10 heteroatoms. The number of anilines is 1. The highest BCUT2D eigenvalue weighted by atomic mass is 32.2. The molecule has 154 valence electrons. The number of rotatable bonds is 5. The molecule has 0 spiro atoms. The van der Waals surface area contributed by atoms with Gasteiger partial charge in [-0.2, -0.15) is 0 Å². The third kappa shape index (κ3) is 5.13. The monoisotopic (exact) mass is 425 g/mol. The van der Waals surface area contributed by atoms with E-state index < -0.39 is 21.5 Å². The lowest BCUT2D eigenvalue weighted by atomic mass is 9.95. The molecule has 0 aliphatic heterocycles. The van der Waals surface area contributed by atoms with Gasteiger partial charge in [-0.25, -0.2) is 19.1 Å². The number of carbonyl (C=O) groups is 1. The number of nitrogens with two attached hydrogens (primary N) is 1. The van der Waals surface area contributed by atoms with E-state index in [0.29, 0.717) is 10.7 Å². The maximum Gasteiger partial charge on any atom is 0.354 e. The Morgan fingerprint density at radius 1 is 1.21 bits per heavy atom. The molecule has 0 aliphatic rings. The molecular weight excluding hydrogens is 398 g/mol. The quantitative estimate of drug-likeness (QED) is 0.668. The first-order valence-electron chi connectivity index (χ1n) is 8.85. The molecule has 2 heterocycles. The third-order valence-electron chi connectivity index (χ3n) is 4.00. The van der Waals surface area contributed by atoms with Crippen molar-refractivity contribution in [1.82, 2.24) is 9.97 Å². The first-order valence-corrected chi connectivity index (χ1v) is 11.2. The molecule has 4 N–H and O–H groups in total. The Kier molecular flexibility index (Phi) is 6.59. The molecule has 1 atom stereocenters. The second-order valence-electron chi connectivity index (χ2n) is 7.64. The van der Waals surface area contributed by atoms with Crippen LogP contribution in [0.5, 0.6) is 0 Å². The number of aliphatic hydroxyl groups is 1. The van der Waals surface area contributed by atoms with Crippen LogP contribution < -0.4 is 10.5 Å². The molecule has 0 saturated heterocycles. The molecule has 0 aliphatic carbocycles. The van der Waals surface area contributed by atoms with Crippen LogP contribution in [0.1, 0.15) is 69.5 Å². The molecule has 2 rings (SSSR count). The van der Waals surface area contributed by atoms with Crippen molar-refractivity contribution in [2.24, 2.45) is 9.50 Å². The van der Waals surface area contributed by atoms with Gasteiger partial charge in [-0.15, -0.1) is 15.7 Å². The molecule has 0 bridgehead atoms. The highest BCUT2D eigenvalue weighted by Gasteiger charge is 2.24. The van der Waals surface area contributed by atoms with Crippen molar-refractivity contribution in [3.05, 3.63) is 34.7 Å². The molecule has 0 radical (unpaired) electrons. The van der Waals surface area contributed by atoms with Gasteiger partial charge in [0.1, 0.15) is 14.8 Å². The van der Waals surface area contributed by atoms with Gasteiger partial charge in [0.25, 0.3) is 0 Å². The maximum absolute atomic E-state index is 12.8. The molecule has 1 unspecified atom stereocenters. The predicted octanol–water partition coefficient (Wildman–Crippen LogP) is 3.95. The van der Waals surface area contributed by atoms with Crippen LogP contribution in [0.25, 0.3) is 0 Å². The minimum atomic E-state index is -3.49. The van der Waals surface area contributed by atoms with Crippen LogP contribution in [-0.2, 0) is 15.5 Å². The predicted molar refractivity (Wildman–Crippen MR) is 112 cm³/mol. The van der Waals surface area contributed by atoms with Crippen LogP contribution in [0.2, 0.25) is 0 Å². The SMILES string of the molecule is CC(C)c1cncc(C(C)C)c1NC(=O)N=S(N)(=O)c1cnc(C(C)(C)O)s1. The lowest BCUT2D eigenvalue weighted by Crippen LogP contribution is -2.18. The van der Waals surface area contributed by atoms with Gasteiger partial charge in [0, 0.05) is 12.4 Å². The summed E-state index contributed by atoms with van der Waals surface area (Å²) in [6, 6.07) is -0.805. The van der Waals surface area contributed by atoms with Crippen LogP contribution in [0.15, 0.2) is 27.2 Å². The van der Waals surface area contributed by atoms with Crippen molar-refractivity contribution in [3.8, 4) is 0 Å². The average Bonchev–Trinajstić information content (AvgIpc) is 3.05. The van der Waals surface area contributed by atoms with Gasteiger partial charge in [0.15, 0.2) is 9.92 Å². The number of aromatic nitrogens is 2. The first kappa shape index (κ1) is 22.4. The summed E-state index contributed by atoms with van der Waals surface area (Å²) in [7, 11) is -3.49. The Morgan fingerprint density at radius 3 is 2.18 bits per heavy atom. The zero-order valence-corrected chi connectivity index (χ0v) is 18.5. The van der Waals surface area contributed by atoms with E-state index in [4.69, 9.17) is 5.14 Å². The topological polar surface area (TPSA) is 131 Å². The maximum atomic E-state index is 12.8. The van der Waals surface area contributed by atoms with E-state index in [1.807, 2.05) is 27.7 Å². The Balaban J connectivity index is 2.40. The first-order chi connectivity index (χ1) is 12.8. The highest BCUT2D eigenvalue weighted by Crippen LogP contribution is 2.32. The molecule has 0 saturated carbocycles. The summed E-state index contributed by atoms with van der Waals surface area (Å²) in [5, 5.41) is 18.9. The molecule has 8 nitrogen and oxygen atoms in total. The van der Waals surface area contributed by atoms with Crippen LogP contribution in [-0.4, -0.2) is 25.3 Å². The van der Waals surface area contributed by atoms with Gasteiger partial charge in [-0.1, -0.05) is 27.7 Å². The fourth-order valence-electron chi connectivity index (χ4n) is 2.49. The average molecular weight is 426 g/mol. The van der Waals surface area contributed by atoms with Crippen molar-refractivity contribution in [3.63, 3.8) is 0 Å². The summed E-state index contributed by atoms with van der Waals surface area (Å²) in [6.45, 7) is 11.1. The van der Waals surface area contributed by atoms with Crippen molar-refractivity contribution in [1.29, 1.82) is 0 Å². The number of hydrogen-bond donors (Lipinski definition) is 3. The fourth-order valence-corrected chi connectivity index (χ4v) is 4.55. The van der Waals surface area contributed by atoms with Gasteiger partial charge in [-0.05, 0) is 36.8 Å². The summed E-state index contributed by atoms with van der Waals surface area (Å²) in [5.74, 6) is 0.249. The van der Waals surface area contributed by atoms with E-state index in [0.717, 1.165) is 22.5 Å². The Hall–Kier alpha value is -1.88. The minimum absolute atomic E-state index is 0.125. The zero-order chi connectivity index (χ0) is 21.3. The number of nitrogens with one attached hydrogen (secondary N) is 1. The van der Waals surface area contributed by atoms with Crippen LogP contribution in [0, 0.1) is 0 Å². The van der Waals surface area contributed by atoms with Crippen LogP contribution in [0.3, 0.4) is 0 Å². The Morgan fingerprint density at radius 2 is 1.75 bits per heavy atom. The van der Waals surface area contributed by atoms with E-state index >= 15 is 0 Å². The Labute approximate surface area is 169 Å². The largest absolute Gasteiger partial charge is 0.383 e.